The fraction of sp³-hybridized carbons (Fsp3) is 0.214. The molecule has 5 aromatic rings. The van der Waals surface area contributed by atoms with E-state index in [0.29, 0.717) is 48.0 Å². The number of anilines is 3. The predicted octanol–water partition coefficient (Wildman–Crippen LogP) is 5.31. The molecule has 0 unspecified atom stereocenters. The van der Waals surface area contributed by atoms with Crippen molar-refractivity contribution in [1.29, 1.82) is 0 Å². The number of H-pyrrole nitrogens is 1. The lowest BCUT2D eigenvalue weighted by atomic mass is 10.1. The van der Waals surface area contributed by atoms with E-state index in [4.69, 9.17) is 19.1 Å². The van der Waals surface area contributed by atoms with Crippen LogP contribution in [0.3, 0.4) is 0 Å². The van der Waals surface area contributed by atoms with Crippen LogP contribution in [0.2, 0.25) is 0 Å². The normalized spacial score (nSPS) is 11.0. The second-order valence-corrected chi connectivity index (χ2v) is 8.61. The van der Waals surface area contributed by atoms with Gasteiger partial charge < -0.3 is 29.9 Å². The van der Waals surface area contributed by atoms with Gasteiger partial charge in [0, 0.05) is 42.3 Å². The number of aliphatic hydroxyl groups excluding tert-OH is 1. The number of carbonyl (C=O) groups is 1. The highest BCUT2D eigenvalue weighted by Gasteiger charge is 2.17. The molecule has 0 saturated heterocycles. The number of nitrogens with one attached hydrogen (secondary N) is 3. The molecular weight excluding hydrogens is 484 g/mol. The first-order chi connectivity index (χ1) is 18.6. The van der Waals surface area contributed by atoms with E-state index in [1.54, 1.807) is 50.8 Å². The lowest BCUT2D eigenvalue weighted by Crippen LogP contribution is -2.10. The lowest BCUT2D eigenvalue weighted by molar-refractivity contribution is -0.115. The van der Waals surface area contributed by atoms with Crippen LogP contribution in [0.4, 0.5) is 17.3 Å². The molecule has 0 spiro atoms. The molecule has 1 amide bonds. The van der Waals surface area contributed by atoms with Crippen molar-refractivity contribution in [2.45, 2.75) is 26.2 Å². The number of rotatable bonds is 10. The van der Waals surface area contributed by atoms with Gasteiger partial charge in [0.25, 0.3) is 0 Å². The summed E-state index contributed by atoms with van der Waals surface area (Å²) in [5, 5.41) is 16.4. The standard InChI is InChI=1S/C28H28N6O4/c1-3-25(36)30-19-8-9-22(37-2)21(16-19)32-28-29-12-10-20(31-28)27-26(33-24(34-27)5-4-13-35)18-7-6-17-11-14-38-23(17)15-18/h6-12,14-16,35H,3-5,13H2,1-2H3,(H,30,36)(H,33,34)(H,29,31,32). The van der Waals surface area contributed by atoms with Crippen molar-refractivity contribution in [3.8, 4) is 28.4 Å². The molecule has 0 aliphatic heterocycles. The third-order valence-corrected chi connectivity index (χ3v) is 6.02. The lowest BCUT2D eigenvalue weighted by Gasteiger charge is -2.13. The van der Waals surface area contributed by atoms with Crippen molar-refractivity contribution in [1.82, 2.24) is 19.9 Å². The number of ether oxygens (including phenoxy) is 1. The molecule has 0 fully saturated rings. The van der Waals surface area contributed by atoms with Crippen molar-refractivity contribution >= 4 is 34.2 Å². The average Bonchev–Trinajstić information content (AvgIpc) is 3.59. The summed E-state index contributed by atoms with van der Waals surface area (Å²) in [5.41, 5.74) is 4.97. The Hall–Kier alpha value is -4.70. The molecule has 5 rings (SSSR count). The first-order valence-electron chi connectivity index (χ1n) is 12.3. The number of amides is 1. The van der Waals surface area contributed by atoms with Crippen molar-refractivity contribution < 1.29 is 19.1 Å². The highest BCUT2D eigenvalue weighted by atomic mass is 16.5. The van der Waals surface area contributed by atoms with Crippen LogP contribution in [0.15, 0.2) is 65.4 Å². The van der Waals surface area contributed by atoms with Crippen molar-refractivity contribution in [3.05, 3.63) is 66.8 Å². The molecule has 0 bridgehead atoms. The van der Waals surface area contributed by atoms with Gasteiger partial charge in [0.1, 0.15) is 17.2 Å². The number of aromatic amines is 1. The zero-order valence-electron chi connectivity index (χ0n) is 21.1. The molecule has 38 heavy (non-hydrogen) atoms. The Labute approximate surface area is 219 Å². The number of carbonyl (C=O) groups excluding carboxylic acids is 1. The molecular formula is C28H28N6O4. The minimum atomic E-state index is -0.0872. The number of aliphatic hydroxyl groups is 1. The number of nitrogens with zero attached hydrogens (tertiary/aromatic N) is 3. The van der Waals surface area contributed by atoms with E-state index < -0.39 is 0 Å². The van der Waals surface area contributed by atoms with E-state index in [0.717, 1.165) is 33.7 Å². The van der Waals surface area contributed by atoms with Gasteiger partial charge in [-0.1, -0.05) is 19.1 Å². The van der Waals surface area contributed by atoms with Gasteiger partial charge in [-0.15, -0.1) is 0 Å². The van der Waals surface area contributed by atoms with E-state index in [1.165, 1.54) is 0 Å². The Morgan fingerprint density at radius 3 is 2.84 bits per heavy atom. The summed E-state index contributed by atoms with van der Waals surface area (Å²) in [6.45, 7) is 1.87. The van der Waals surface area contributed by atoms with Gasteiger partial charge >= 0.3 is 0 Å². The fourth-order valence-corrected chi connectivity index (χ4v) is 4.09. The van der Waals surface area contributed by atoms with E-state index in [-0.39, 0.29) is 12.5 Å². The molecule has 2 aromatic carbocycles. The van der Waals surface area contributed by atoms with Crippen LogP contribution >= 0.6 is 0 Å². The smallest absolute Gasteiger partial charge is 0.227 e. The first kappa shape index (κ1) is 25.0. The van der Waals surface area contributed by atoms with Crippen molar-refractivity contribution in [3.63, 3.8) is 0 Å². The summed E-state index contributed by atoms with van der Waals surface area (Å²) in [6.07, 6.45) is 4.88. The summed E-state index contributed by atoms with van der Waals surface area (Å²) in [5.74, 6) is 1.58. The number of hydrogen-bond donors (Lipinski definition) is 4. The number of fused-ring (bicyclic) bond motifs is 1. The second kappa shape index (κ2) is 11.1. The molecule has 4 N–H and O–H groups in total. The third-order valence-electron chi connectivity index (χ3n) is 6.02. The SMILES string of the molecule is CCC(=O)Nc1ccc(OC)c(Nc2nccc(-c3[nH]c(CCCO)nc3-c3ccc4ccoc4c3)n2)c1. The number of aryl methyl sites for hydroxylation is 1. The van der Waals surface area contributed by atoms with Gasteiger partial charge in [-0.2, -0.15) is 0 Å². The fourth-order valence-electron chi connectivity index (χ4n) is 4.09. The maximum absolute atomic E-state index is 11.9. The van der Waals surface area contributed by atoms with Crippen LogP contribution in [0.5, 0.6) is 5.75 Å². The molecule has 3 heterocycles. The summed E-state index contributed by atoms with van der Waals surface area (Å²) in [4.78, 5) is 29.2. The monoisotopic (exact) mass is 512 g/mol. The topological polar surface area (TPSA) is 138 Å². The number of imidazole rings is 1. The van der Waals surface area contributed by atoms with Crippen LogP contribution in [0.25, 0.3) is 33.6 Å². The van der Waals surface area contributed by atoms with Crippen LogP contribution in [-0.4, -0.2) is 44.7 Å². The molecule has 0 radical (unpaired) electrons. The van der Waals surface area contributed by atoms with Crippen molar-refractivity contribution in [2.24, 2.45) is 0 Å². The van der Waals surface area contributed by atoms with Gasteiger partial charge in [0.05, 0.1) is 36.1 Å². The number of methoxy groups -OCH3 is 1. The van der Waals surface area contributed by atoms with Gasteiger partial charge in [-0.05, 0) is 42.8 Å². The average molecular weight is 513 g/mol. The first-order valence-corrected chi connectivity index (χ1v) is 12.3. The predicted molar refractivity (Wildman–Crippen MR) is 145 cm³/mol. The number of furan rings is 1. The molecule has 194 valence electrons. The Morgan fingerprint density at radius 1 is 1.13 bits per heavy atom. The van der Waals surface area contributed by atoms with Crippen LogP contribution in [-0.2, 0) is 11.2 Å². The quantitative estimate of drug-likeness (QED) is 0.198. The Balaban J connectivity index is 1.51. The summed E-state index contributed by atoms with van der Waals surface area (Å²) < 4.78 is 11.1. The minimum Gasteiger partial charge on any atom is -0.495 e. The second-order valence-electron chi connectivity index (χ2n) is 8.61. The Bertz CT molecular complexity index is 1570. The number of benzene rings is 2. The van der Waals surface area contributed by atoms with Gasteiger partial charge in [0.2, 0.25) is 11.9 Å². The summed E-state index contributed by atoms with van der Waals surface area (Å²) in [6, 6.07) is 15.0. The zero-order chi connectivity index (χ0) is 26.5. The third kappa shape index (κ3) is 5.35. The van der Waals surface area contributed by atoms with Crippen molar-refractivity contribution in [2.75, 3.05) is 24.4 Å². The molecule has 0 aliphatic carbocycles. The van der Waals surface area contributed by atoms with E-state index in [2.05, 4.69) is 20.6 Å². The molecule has 0 saturated carbocycles. The minimum absolute atomic E-state index is 0.0743. The van der Waals surface area contributed by atoms with Crippen LogP contribution in [0, 0.1) is 0 Å². The van der Waals surface area contributed by atoms with E-state index >= 15 is 0 Å². The molecule has 3 aromatic heterocycles. The highest BCUT2D eigenvalue weighted by molar-refractivity contribution is 5.91. The van der Waals surface area contributed by atoms with Gasteiger partial charge in [-0.25, -0.2) is 15.0 Å². The van der Waals surface area contributed by atoms with Gasteiger partial charge in [0.15, 0.2) is 0 Å². The van der Waals surface area contributed by atoms with Gasteiger partial charge in [-0.3, -0.25) is 4.79 Å². The Morgan fingerprint density at radius 2 is 2.03 bits per heavy atom. The van der Waals surface area contributed by atoms with Crippen LogP contribution in [0.1, 0.15) is 25.6 Å². The maximum atomic E-state index is 11.9. The zero-order valence-corrected chi connectivity index (χ0v) is 21.1. The van der Waals surface area contributed by atoms with Crippen LogP contribution < -0.4 is 15.4 Å². The number of hydrogen-bond acceptors (Lipinski definition) is 8. The summed E-state index contributed by atoms with van der Waals surface area (Å²) >= 11 is 0. The summed E-state index contributed by atoms with van der Waals surface area (Å²) in [7, 11) is 1.57. The van der Waals surface area contributed by atoms with E-state index in [1.807, 2.05) is 24.3 Å². The Kier molecular flexibility index (Phi) is 7.32. The largest absolute Gasteiger partial charge is 0.495 e. The molecule has 10 nitrogen and oxygen atoms in total. The molecule has 0 atom stereocenters. The number of aromatic nitrogens is 4. The maximum Gasteiger partial charge on any atom is 0.227 e. The molecule has 10 heteroatoms. The molecule has 0 aliphatic rings. The highest BCUT2D eigenvalue weighted by Crippen LogP contribution is 2.33. The van der Waals surface area contributed by atoms with E-state index in [9.17, 15) is 9.90 Å².